The van der Waals surface area contributed by atoms with Gasteiger partial charge in [-0.3, -0.25) is 4.79 Å². The van der Waals surface area contributed by atoms with Gasteiger partial charge >= 0.3 is 0 Å². The SMILES string of the molecule is CC(=O)NCCn1c(C)c(C)c2c(N)ncnc21. The van der Waals surface area contributed by atoms with Crippen LogP contribution in [0.15, 0.2) is 6.33 Å². The Labute approximate surface area is 105 Å². The minimum atomic E-state index is -0.0324. The van der Waals surface area contributed by atoms with Gasteiger partial charge in [-0.1, -0.05) is 0 Å². The lowest BCUT2D eigenvalue weighted by Crippen LogP contribution is -2.24. The lowest BCUT2D eigenvalue weighted by molar-refractivity contribution is -0.118. The van der Waals surface area contributed by atoms with E-state index < -0.39 is 0 Å². The number of aromatic nitrogens is 3. The van der Waals surface area contributed by atoms with E-state index in [2.05, 4.69) is 19.9 Å². The lowest BCUT2D eigenvalue weighted by atomic mass is 10.2. The Hall–Kier alpha value is -2.11. The van der Waals surface area contributed by atoms with Crippen molar-refractivity contribution in [3.05, 3.63) is 17.6 Å². The zero-order valence-electron chi connectivity index (χ0n) is 10.8. The second-order valence-electron chi connectivity index (χ2n) is 4.30. The number of carbonyl (C=O) groups is 1. The third-order valence-corrected chi connectivity index (χ3v) is 3.14. The third-order valence-electron chi connectivity index (χ3n) is 3.14. The highest BCUT2D eigenvalue weighted by Crippen LogP contribution is 2.26. The standard InChI is InChI=1S/C12H17N5O/c1-7-8(2)17(5-4-14-9(3)18)12-10(7)11(13)15-6-16-12/h6H,4-5H2,1-3H3,(H,14,18)(H2,13,15,16). The summed E-state index contributed by atoms with van der Waals surface area (Å²) >= 11 is 0. The number of anilines is 1. The molecule has 0 aliphatic carbocycles. The summed E-state index contributed by atoms with van der Waals surface area (Å²) in [7, 11) is 0. The van der Waals surface area contributed by atoms with Gasteiger partial charge in [0.1, 0.15) is 17.8 Å². The monoisotopic (exact) mass is 247 g/mol. The first kappa shape index (κ1) is 12.3. The zero-order chi connectivity index (χ0) is 13.3. The van der Waals surface area contributed by atoms with E-state index in [1.807, 2.05) is 13.8 Å². The van der Waals surface area contributed by atoms with E-state index in [4.69, 9.17) is 5.73 Å². The van der Waals surface area contributed by atoms with E-state index in [9.17, 15) is 4.79 Å². The summed E-state index contributed by atoms with van der Waals surface area (Å²) in [5, 5.41) is 3.68. The Morgan fingerprint density at radius 2 is 2.17 bits per heavy atom. The fourth-order valence-corrected chi connectivity index (χ4v) is 2.11. The van der Waals surface area contributed by atoms with Crippen LogP contribution in [0.2, 0.25) is 0 Å². The Bertz CT molecular complexity index is 602. The van der Waals surface area contributed by atoms with Crippen LogP contribution < -0.4 is 11.1 Å². The summed E-state index contributed by atoms with van der Waals surface area (Å²) < 4.78 is 2.05. The Morgan fingerprint density at radius 1 is 1.44 bits per heavy atom. The second-order valence-corrected chi connectivity index (χ2v) is 4.30. The van der Waals surface area contributed by atoms with Crippen LogP contribution in [0.3, 0.4) is 0 Å². The molecule has 0 spiro atoms. The number of fused-ring (bicyclic) bond motifs is 1. The van der Waals surface area contributed by atoms with Crippen molar-refractivity contribution in [3.63, 3.8) is 0 Å². The molecule has 2 rings (SSSR count). The van der Waals surface area contributed by atoms with Gasteiger partial charge in [0.05, 0.1) is 5.39 Å². The summed E-state index contributed by atoms with van der Waals surface area (Å²) in [6, 6.07) is 0. The lowest BCUT2D eigenvalue weighted by Gasteiger charge is -2.08. The minimum Gasteiger partial charge on any atom is -0.383 e. The Kier molecular flexibility index (Phi) is 3.18. The predicted octanol–water partition coefficient (Wildman–Crippen LogP) is 0.766. The number of nitrogens with two attached hydrogens (primary N) is 1. The molecule has 2 aromatic heterocycles. The number of nitrogens with one attached hydrogen (secondary N) is 1. The van der Waals surface area contributed by atoms with E-state index in [0.29, 0.717) is 18.9 Å². The number of aryl methyl sites for hydroxylation is 1. The van der Waals surface area contributed by atoms with E-state index in [1.165, 1.54) is 13.3 Å². The molecule has 96 valence electrons. The number of hydrogen-bond donors (Lipinski definition) is 2. The fraction of sp³-hybridized carbons (Fsp3) is 0.417. The van der Waals surface area contributed by atoms with Gasteiger partial charge in [-0.05, 0) is 19.4 Å². The van der Waals surface area contributed by atoms with Gasteiger partial charge in [0, 0.05) is 25.7 Å². The van der Waals surface area contributed by atoms with Gasteiger partial charge in [0.2, 0.25) is 5.91 Å². The van der Waals surface area contributed by atoms with Crippen molar-refractivity contribution in [2.24, 2.45) is 0 Å². The number of carbonyl (C=O) groups excluding carboxylic acids is 1. The van der Waals surface area contributed by atoms with Gasteiger partial charge in [-0.15, -0.1) is 0 Å². The van der Waals surface area contributed by atoms with Crippen molar-refractivity contribution in [1.29, 1.82) is 0 Å². The smallest absolute Gasteiger partial charge is 0.216 e. The summed E-state index contributed by atoms with van der Waals surface area (Å²) in [5.41, 5.74) is 8.89. The maximum absolute atomic E-state index is 10.9. The topological polar surface area (TPSA) is 85.8 Å². The van der Waals surface area contributed by atoms with Crippen LogP contribution in [-0.2, 0) is 11.3 Å². The number of amides is 1. The maximum atomic E-state index is 10.9. The molecule has 1 amide bonds. The molecule has 2 aromatic rings. The number of rotatable bonds is 3. The van der Waals surface area contributed by atoms with Crippen LogP contribution >= 0.6 is 0 Å². The van der Waals surface area contributed by atoms with E-state index in [1.54, 1.807) is 0 Å². The molecule has 0 fully saturated rings. The Morgan fingerprint density at radius 3 is 2.83 bits per heavy atom. The zero-order valence-corrected chi connectivity index (χ0v) is 10.8. The van der Waals surface area contributed by atoms with E-state index >= 15 is 0 Å². The van der Waals surface area contributed by atoms with Crippen molar-refractivity contribution in [1.82, 2.24) is 19.9 Å². The largest absolute Gasteiger partial charge is 0.383 e. The van der Waals surface area contributed by atoms with Gasteiger partial charge in [-0.25, -0.2) is 9.97 Å². The molecule has 6 heteroatoms. The first-order chi connectivity index (χ1) is 8.52. The first-order valence-electron chi connectivity index (χ1n) is 5.82. The molecule has 0 aromatic carbocycles. The molecule has 18 heavy (non-hydrogen) atoms. The minimum absolute atomic E-state index is 0.0324. The van der Waals surface area contributed by atoms with E-state index in [-0.39, 0.29) is 5.91 Å². The van der Waals surface area contributed by atoms with Gasteiger partial charge in [0.15, 0.2) is 0 Å². The molecule has 0 atom stereocenters. The maximum Gasteiger partial charge on any atom is 0.216 e. The highest BCUT2D eigenvalue weighted by Gasteiger charge is 2.14. The van der Waals surface area contributed by atoms with Crippen LogP contribution in [0.1, 0.15) is 18.2 Å². The van der Waals surface area contributed by atoms with E-state index in [0.717, 1.165) is 22.3 Å². The number of hydrogen-bond acceptors (Lipinski definition) is 4. The molecule has 3 N–H and O–H groups in total. The molecule has 2 heterocycles. The molecular formula is C12H17N5O. The van der Waals surface area contributed by atoms with Crippen LogP contribution in [0.25, 0.3) is 11.0 Å². The molecule has 0 saturated carbocycles. The van der Waals surface area contributed by atoms with Crippen LogP contribution in [0, 0.1) is 13.8 Å². The summed E-state index contributed by atoms with van der Waals surface area (Å²) in [4.78, 5) is 19.2. The molecular weight excluding hydrogens is 230 g/mol. The van der Waals surface area contributed by atoms with Crippen LogP contribution in [-0.4, -0.2) is 27.0 Å². The normalized spacial score (nSPS) is 10.8. The third kappa shape index (κ3) is 2.01. The molecule has 6 nitrogen and oxygen atoms in total. The van der Waals surface area contributed by atoms with Crippen LogP contribution in [0.5, 0.6) is 0 Å². The fourth-order valence-electron chi connectivity index (χ4n) is 2.11. The van der Waals surface area contributed by atoms with Crippen LogP contribution in [0.4, 0.5) is 5.82 Å². The molecule has 0 unspecified atom stereocenters. The van der Waals surface area contributed by atoms with Crippen molar-refractivity contribution in [3.8, 4) is 0 Å². The van der Waals surface area contributed by atoms with Crippen molar-refractivity contribution in [2.45, 2.75) is 27.3 Å². The molecule has 0 radical (unpaired) electrons. The average molecular weight is 247 g/mol. The van der Waals surface area contributed by atoms with Gasteiger partial charge in [-0.2, -0.15) is 0 Å². The van der Waals surface area contributed by atoms with Gasteiger partial charge < -0.3 is 15.6 Å². The average Bonchev–Trinajstić information content (AvgIpc) is 2.55. The quantitative estimate of drug-likeness (QED) is 0.838. The molecule has 0 aliphatic rings. The summed E-state index contributed by atoms with van der Waals surface area (Å²) in [6.45, 7) is 6.78. The highest BCUT2D eigenvalue weighted by atomic mass is 16.1. The summed E-state index contributed by atoms with van der Waals surface area (Å²) in [6.07, 6.45) is 1.46. The number of nitrogens with zero attached hydrogens (tertiary/aromatic N) is 3. The number of nitrogen functional groups attached to an aromatic ring is 1. The van der Waals surface area contributed by atoms with Crippen molar-refractivity contribution < 1.29 is 4.79 Å². The molecule has 0 aliphatic heterocycles. The molecule has 0 bridgehead atoms. The van der Waals surface area contributed by atoms with Crippen molar-refractivity contribution in [2.75, 3.05) is 12.3 Å². The molecule has 0 saturated heterocycles. The Balaban J connectivity index is 2.41. The predicted molar refractivity (Wildman–Crippen MR) is 70.1 cm³/mol. The summed E-state index contributed by atoms with van der Waals surface area (Å²) in [5.74, 6) is 0.467. The first-order valence-corrected chi connectivity index (χ1v) is 5.82. The van der Waals surface area contributed by atoms with Gasteiger partial charge in [0.25, 0.3) is 0 Å². The highest BCUT2D eigenvalue weighted by molar-refractivity contribution is 5.90. The van der Waals surface area contributed by atoms with Crippen molar-refractivity contribution >= 4 is 22.8 Å². The second kappa shape index (κ2) is 4.64.